The van der Waals surface area contributed by atoms with Crippen molar-refractivity contribution in [2.75, 3.05) is 26.3 Å². The lowest BCUT2D eigenvalue weighted by atomic mass is 10.5. The molecule has 46 valence electrons. The third-order valence-electron chi connectivity index (χ3n) is 1.10. The van der Waals surface area contributed by atoms with Gasteiger partial charge in [-0.05, 0) is 0 Å². The Labute approximate surface area is 49.9 Å². The first-order valence-electron chi connectivity index (χ1n) is 2.59. The summed E-state index contributed by atoms with van der Waals surface area (Å²) in [5.74, 6) is 0. The second-order valence-corrected chi connectivity index (χ2v) is 2.38. The van der Waals surface area contributed by atoms with Gasteiger partial charge in [0.2, 0.25) is 8.61 Å². The van der Waals surface area contributed by atoms with Crippen molar-refractivity contribution in [1.29, 1.82) is 0 Å². The van der Waals surface area contributed by atoms with Crippen molar-refractivity contribution >= 4 is 8.61 Å². The Morgan fingerprint density at radius 3 is 2.38 bits per heavy atom. The van der Waals surface area contributed by atoms with Gasteiger partial charge in [0.05, 0.1) is 13.2 Å². The van der Waals surface area contributed by atoms with Crippen LogP contribution < -0.4 is 0 Å². The minimum absolute atomic E-state index is 0.130. The largest absolute Gasteiger partial charge is 0.379 e. The van der Waals surface area contributed by atoms with Crippen LogP contribution in [0.3, 0.4) is 0 Å². The zero-order valence-corrected chi connectivity index (χ0v) is 5.43. The highest BCUT2D eigenvalue weighted by Crippen LogP contribution is 2.06. The van der Waals surface area contributed by atoms with E-state index >= 15 is 0 Å². The monoisotopic (exact) mass is 133 g/mol. The summed E-state index contributed by atoms with van der Waals surface area (Å²) in [4.78, 5) is 0. The van der Waals surface area contributed by atoms with Gasteiger partial charge in [-0.1, -0.05) is 0 Å². The van der Waals surface area contributed by atoms with E-state index in [1.165, 1.54) is 0 Å². The molecule has 1 saturated heterocycles. The summed E-state index contributed by atoms with van der Waals surface area (Å²) in [7, 11) is 0.130. The Kier molecular flexibility index (Phi) is 2.40. The van der Waals surface area contributed by atoms with Gasteiger partial charge in [0, 0.05) is 13.1 Å². The molecule has 1 aliphatic heterocycles. The van der Waals surface area contributed by atoms with E-state index in [1.54, 1.807) is 0 Å². The third kappa shape index (κ3) is 1.51. The molecule has 8 heavy (non-hydrogen) atoms. The van der Waals surface area contributed by atoms with Gasteiger partial charge in [0.1, 0.15) is 0 Å². The number of morpholine rings is 1. The van der Waals surface area contributed by atoms with E-state index < -0.39 is 0 Å². The summed E-state index contributed by atoms with van der Waals surface area (Å²) in [5.41, 5.74) is 0. The second kappa shape index (κ2) is 3.13. The van der Waals surface area contributed by atoms with Crippen molar-refractivity contribution in [3.8, 4) is 0 Å². The van der Waals surface area contributed by atoms with E-state index in [0.717, 1.165) is 26.3 Å². The maximum absolute atomic E-state index is 10.1. The van der Waals surface area contributed by atoms with Crippen molar-refractivity contribution in [2.45, 2.75) is 0 Å². The lowest BCUT2D eigenvalue weighted by Gasteiger charge is -2.18. The first kappa shape index (κ1) is 6.14. The molecule has 0 aromatic heterocycles. The predicted molar refractivity (Wildman–Crippen MR) is 30.0 cm³/mol. The summed E-state index contributed by atoms with van der Waals surface area (Å²) >= 11 is 0. The number of rotatable bonds is 1. The minimum Gasteiger partial charge on any atom is -0.379 e. The van der Waals surface area contributed by atoms with Crippen molar-refractivity contribution in [2.24, 2.45) is 0 Å². The normalized spacial score (nSPS) is 24.0. The maximum Gasteiger partial charge on any atom is 0.249 e. The molecule has 1 heterocycles. The van der Waals surface area contributed by atoms with Crippen molar-refractivity contribution < 1.29 is 9.30 Å². The molecule has 1 fully saturated rings. The van der Waals surface area contributed by atoms with Gasteiger partial charge in [-0.3, -0.25) is 4.57 Å². The van der Waals surface area contributed by atoms with Crippen LogP contribution in [0.4, 0.5) is 0 Å². The highest BCUT2D eigenvalue weighted by Gasteiger charge is 2.07. The average molecular weight is 133 g/mol. The van der Waals surface area contributed by atoms with Crippen molar-refractivity contribution in [1.82, 2.24) is 4.67 Å². The zero-order chi connectivity index (χ0) is 5.82. The summed E-state index contributed by atoms with van der Waals surface area (Å²) in [6.45, 7) is 3.03. The van der Waals surface area contributed by atoms with Crippen LogP contribution in [-0.4, -0.2) is 31.0 Å². The maximum atomic E-state index is 10.1. The molecule has 0 saturated carbocycles. The molecule has 0 radical (unpaired) electrons. The number of ether oxygens (including phenoxy) is 1. The molecule has 0 amide bonds. The lowest BCUT2D eigenvalue weighted by Crippen LogP contribution is -2.28. The van der Waals surface area contributed by atoms with Crippen molar-refractivity contribution in [3.05, 3.63) is 0 Å². The zero-order valence-electron chi connectivity index (χ0n) is 4.54. The van der Waals surface area contributed by atoms with E-state index in [0.29, 0.717) is 0 Å². The van der Waals surface area contributed by atoms with Gasteiger partial charge in [0.15, 0.2) is 0 Å². The standard InChI is InChI=1S/C4H8NO2P/c6-8-5-1-3-7-4-2-5/h1-4H2. The van der Waals surface area contributed by atoms with E-state index in [-0.39, 0.29) is 8.61 Å². The van der Waals surface area contributed by atoms with Crippen LogP contribution in [0.25, 0.3) is 0 Å². The SMILES string of the molecule is O=PN1CCOCC1. The highest BCUT2D eigenvalue weighted by atomic mass is 31.1. The molecule has 0 N–H and O–H groups in total. The molecule has 1 aliphatic rings. The fourth-order valence-corrected chi connectivity index (χ4v) is 0.962. The molecule has 0 spiro atoms. The number of hydrogen-bond acceptors (Lipinski definition) is 2. The Hall–Kier alpha value is 0.0200. The first-order valence-corrected chi connectivity index (χ1v) is 3.36. The first-order chi connectivity index (χ1) is 3.93. The molecule has 1 rings (SSSR count). The van der Waals surface area contributed by atoms with Crippen LogP contribution in [0.15, 0.2) is 0 Å². The van der Waals surface area contributed by atoms with Crippen LogP contribution >= 0.6 is 8.61 Å². The smallest absolute Gasteiger partial charge is 0.249 e. The van der Waals surface area contributed by atoms with Gasteiger partial charge in [0.25, 0.3) is 0 Å². The second-order valence-electron chi connectivity index (χ2n) is 1.65. The minimum atomic E-state index is 0.130. The van der Waals surface area contributed by atoms with E-state index in [1.807, 2.05) is 4.67 Å². The summed E-state index contributed by atoms with van der Waals surface area (Å²) < 4.78 is 17.0. The molecule has 0 aliphatic carbocycles. The molecule has 0 unspecified atom stereocenters. The van der Waals surface area contributed by atoms with Crippen LogP contribution in [-0.2, 0) is 9.30 Å². The Balaban J connectivity index is 2.22. The Morgan fingerprint density at radius 1 is 1.38 bits per heavy atom. The van der Waals surface area contributed by atoms with Crippen LogP contribution in [0.5, 0.6) is 0 Å². The fourth-order valence-electron chi connectivity index (χ4n) is 0.635. The molecular weight excluding hydrogens is 125 g/mol. The molecule has 0 atom stereocenters. The number of hydrogen-bond donors (Lipinski definition) is 0. The van der Waals surface area contributed by atoms with Crippen LogP contribution in [0.2, 0.25) is 0 Å². The Morgan fingerprint density at radius 2 is 2.00 bits per heavy atom. The van der Waals surface area contributed by atoms with E-state index in [2.05, 4.69) is 0 Å². The topological polar surface area (TPSA) is 29.5 Å². The van der Waals surface area contributed by atoms with Gasteiger partial charge in [-0.2, -0.15) is 0 Å². The van der Waals surface area contributed by atoms with Crippen LogP contribution in [0, 0.1) is 0 Å². The molecule has 4 heteroatoms. The molecule has 0 bridgehead atoms. The molecule has 0 aromatic carbocycles. The van der Waals surface area contributed by atoms with Crippen LogP contribution in [0.1, 0.15) is 0 Å². The van der Waals surface area contributed by atoms with Gasteiger partial charge >= 0.3 is 0 Å². The van der Waals surface area contributed by atoms with E-state index in [9.17, 15) is 4.57 Å². The van der Waals surface area contributed by atoms with Crippen molar-refractivity contribution in [3.63, 3.8) is 0 Å². The highest BCUT2D eigenvalue weighted by molar-refractivity contribution is 7.20. The summed E-state index contributed by atoms with van der Waals surface area (Å²) in [6.07, 6.45) is 0. The average Bonchev–Trinajstić information content (AvgIpc) is 1.90. The van der Waals surface area contributed by atoms with Gasteiger partial charge in [-0.15, -0.1) is 0 Å². The van der Waals surface area contributed by atoms with E-state index in [4.69, 9.17) is 4.74 Å². The molecule has 0 aromatic rings. The Bertz CT molecular complexity index is 82.1. The van der Waals surface area contributed by atoms with Gasteiger partial charge < -0.3 is 4.74 Å². The summed E-state index contributed by atoms with van der Waals surface area (Å²) in [6, 6.07) is 0. The third-order valence-corrected chi connectivity index (χ3v) is 1.73. The molecule has 3 nitrogen and oxygen atoms in total. The summed E-state index contributed by atoms with van der Waals surface area (Å²) in [5, 5.41) is 0. The fraction of sp³-hybridized carbons (Fsp3) is 1.00. The molecular formula is C4H8NO2P. The number of nitrogens with zero attached hydrogens (tertiary/aromatic N) is 1. The van der Waals surface area contributed by atoms with Gasteiger partial charge in [-0.25, -0.2) is 4.67 Å². The quantitative estimate of drug-likeness (QED) is 0.488. The predicted octanol–water partition coefficient (Wildman–Crippen LogP) is 0.525. The lowest BCUT2D eigenvalue weighted by molar-refractivity contribution is 0.0749.